The first kappa shape index (κ1) is 12.1. The number of nitrogens with zero attached hydrogens (tertiary/aromatic N) is 2. The van der Waals surface area contributed by atoms with Crippen molar-refractivity contribution in [3.8, 4) is 0 Å². The van der Waals surface area contributed by atoms with Gasteiger partial charge in [0.2, 0.25) is 0 Å². The van der Waals surface area contributed by atoms with Crippen LogP contribution in [-0.4, -0.2) is 37.2 Å². The number of carbonyl (C=O) groups is 1. The first-order chi connectivity index (χ1) is 7.11. The van der Waals surface area contributed by atoms with Crippen molar-refractivity contribution in [1.29, 1.82) is 0 Å². The maximum Gasteiger partial charge on any atom is 0.185 e. The Balaban J connectivity index is 2.53. The van der Waals surface area contributed by atoms with Crippen LogP contribution in [0.25, 0.3) is 0 Å². The molecular weight excluding hydrogens is 216 g/mol. The highest BCUT2D eigenvalue weighted by molar-refractivity contribution is 8.13. The van der Waals surface area contributed by atoms with Crippen LogP contribution in [0.15, 0.2) is 18.5 Å². The molecule has 0 amide bonds. The van der Waals surface area contributed by atoms with Crippen molar-refractivity contribution in [2.24, 2.45) is 0 Å². The molecule has 1 rings (SSSR count). The minimum absolute atomic E-state index is 0.102. The fourth-order valence-corrected chi connectivity index (χ4v) is 1.52. The van der Waals surface area contributed by atoms with E-state index in [1.807, 2.05) is 0 Å². The molecule has 0 aliphatic rings. The average molecular weight is 228 g/mol. The number of hydrogen-bond donors (Lipinski definition) is 2. The highest BCUT2D eigenvalue weighted by atomic mass is 32.2. The van der Waals surface area contributed by atoms with Crippen LogP contribution < -0.4 is 0 Å². The highest BCUT2D eigenvalue weighted by Crippen LogP contribution is 2.16. The van der Waals surface area contributed by atoms with Crippen LogP contribution in [-0.2, 0) is 4.79 Å². The van der Waals surface area contributed by atoms with Crippen LogP contribution in [0.2, 0.25) is 0 Å². The lowest BCUT2D eigenvalue weighted by Crippen LogP contribution is -2.23. The maximum absolute atomic E-state index is 10.6. The summed E-state index contributed by atoms with van der Waals surface area (Å²) < 4.78 is 0. The van der Waals surface area contributed by atoms with Crippen molar-refractivity contribution in [1.82, 2.24) is 9.97 Å². The van der Waals surface area contributed by atoms with Crippen LogP contribution in [0, 0.1) is 0 Å². The standard InChI is InChI=1S/C9H12N2O3S/c1-6(12)15-5-7(13)8(14)9-10-3-2-4-11-9/h2-4,7-8,13-14H,5H2,1H3. The third kappa shape index (κ3) is 3.94. The molecule has 0 aliphatic carbocycles. The predicted molar refractivity (Wildman–Crippen MR) is 56.1 cm³/mol. The van der Waals surface area contributed by atoms with Crippen LogP contribution in [0.3, 0.4) is 0 Å². The van der Waals surface area contributed by atoms with E-state index in [-0.39, 0.29) is 16.7 Å². The molecule has 6 heteroatoms. The van der Waals surface area contributed by atoms with E-state index < -0.39 is 12.2 Å². The summed E-state index contributed by atoms with van der Waals surface area (Å²) in [7, 11) is 0. The third-order valence-corrected chi connectivity index (χ3v) is 2.59. The van der Waals surface area contributed by atoms with Crippen LogP contribution in [0.4, 0.5) is 0 Å². The Labute approximate surface area is 91.6 Å². The molecule has 0 fully saturated rings. The molecule has 1 heterocycles. The Morgan fingerprint density at radius 1 is 1.47 bits per heavy atom. The number of aromatic nitrogens is 2. The fourth-order valence-electron chi connectivity index (χ4n) is 0.929. The van der Waals surface area contributed by atoms with E-state index in [2.05, 4.69) is 9.97 Å². The molecule has 0 saturated carbocycles. The second kappa shape index (κ2) is 5.79. The molecule has 0 bridgehead atoms. The largest absolute Gasteiger partial charge is 0.389 e. The van der Waals surface area contributed by atoms with Crippen LogP contribution >= 0.6 is 11.8 Å². The quantitative estimate of drug-likeness (QED) is 0.763. The topological polar surface area (TPSA) is 83.3 Å². The van der Waals surface area contributed by atoms with Crippen molar-refractivity contribution in [3.63, 3.8) is 0 Å². The van der Waals surface area contributed by atoms with Gasteiger partial charge in [0.15, 0.2) is 10.9 Å². The molecule has 2 N–H and O–H groups in total. The van der Waals surface area contributed by atoms with Crippen molar-refractivity contribution in [3.05, 3.63) is 24.3 Å². The zero-order valence-electron chi connectivity index (χ0n) is 8.20. The second-order valence-electron chi connectivity index (χ2n) is 2.92. The lowest BCUT2D eigenvalue weighted by molar-refractivity contribution is -0.109. The number of thioether (sulfide) groups is 1. The van der Waals surface area contributed by atoms with Gasteiger partial charge < -0.3 is 10.2 Å². The van der Waals surface area contributed by atoms with Crippen LogP contribution in [0.1, 0.15) is 18.9 Å². The molecule has 0 aliphatic heterocycles. The van der Waals surface area contributed by atoms with Gasteiger partial charge in [-0.3, -0.25) is 4.79 Å². The monoisotopic (exact) mass is 228 g/mol. The zero-order chi connectivity index (χ0) is 11.3. The number of aliphatic hydroxyl groups is 2. The van der Waals surface area contributed by atoms with Gasteiger partial charge in [0.05, 0.1) is 6.10 Å². The predicted octanol–water partition coefficient (Wildman–Crippen LogP) is 0.151. The van der Waals surface area contributed by atoms with Crippen molar-refractivity contribution in [2.75, 3.05) is 5.75 Å². The normalized spacial score (nSPS) is 14.6. The lowest BCUT2D eigenvalue weighted by atomic mass is 10.2. The minimum Gasteiger partial charge on any atom is -0.389 e. The lowest BCUT2D eigenvalue weighted by Gasteiger charge is -2.14. The summed E-state index contributed by atoms with van der Waals surface area (Å²) in [6.07, 6.45) is 0.770. The van der Waals surface area contributed by atoms with E-state index in [4.69, 9.17) is 0 Å². The Kier molecular flexibility index (Phi) is 4.67. The smallest absolute Gasteiger partial charge is 0.185 e. The fraction of sp³-hybridized carbons (Fsp3) is 0.444. The number of aliphatic hydroxyl groups excluding tert-OH is 2. The van der Waals surface area contributed by atoms with E-state index in [1.54, 1.807) is 6.07 Å². The third-order valence-electron chi connectivity index (χ3n) is 1.67. The Morgan fingerprint density at radius 3 is 2.60 bits per heavy atom. The molecular formula is C9H12N2O3S. The molecule has 2 atom stereocenters. The summed E-state index contributed by atoms with van der Waals surface area (Å²) in [5.41, 5.74) is 0. The summed E-state index contributed by atoms with van der Waals surface area (Å²) in [5, 5.41) is 19.0. The number of rotatable bonds is 4. The van der Waals surface area contributed by atoms with E-state index in [0.717, 1.165) is 11.8 Å². The first-order valence-electron chi connectivity index (χ1n) is 4.37. The molecule has 1 aromatic rings. The Bertz CT molecular complexity index is 320. The summed E-state index contributed by atoms with van der Waals surface area (Å²) >= 11 is 0.958. The summed E-state index contributed by atoms with van der Waals surface area (Å²) in [6, 6.07) is 1.62. The molecule has 0 radical (unpaired) electrons. The molecule has 2 unspecified atom stereocenters. The SMILES string of the molecule is CC(=O)SCC(O)C(O)c1ncccn1. The van der Waals surface area contributed by atoms with Gasteiger partial charge in [0.25, 0.3) is 0 Å². The van der Waals surface area contributed by atoms with E-state index in [9.17, 15) is 15.0 Å². The van der Waals surface area contributed by atoms with Crippen LogP contribution in [0.5, 0.6) is 0 Å². The van der Waals surface area contributed by atoms with Gasteiger partial charge in [0, 0.05) is 25.1 Å². The zero-order valence-corrected chi connectivity index (χ0v) is 9.02. The van der Waals surface area contributed by atoms with E-state index in [0.29, 0.717) is 0 Å². The number of hydrogen-bond acceptors (Lipinski definition) is 6. The summed E-state index contributed by atoms with van der Waals surface area (Å²) in [5.74, 6) is 0.295. The summed E-state index contributed by atoms with van der Waals surface area (Å²) in [6.45, 7) is 1.41. The van der Waals surface area contributed by atoms with Crippen molar-refractivity contribution >= 4 is 16.9 Å². The molecule has 0 saturated heterocycles. The molecule has 0 aromatic carbocycles. The first-order valence-corrected chi connectivity index (χ1v) is 5.36. The van der Waals surface area contributed by atoms with Crippen molar-refractivity contribution < 1.29 is 15.0 Å². The molecule has 82 valence electrons. The van der Waals surface area contributed by atoms with Crippen molar-refractivity contribution in [2.45, 2.75) is 19.1 Å². The van der Waals surface area contributed by atoms with Gasteiger partial charge in [-0.25, -0.2) is 9.97 Å². The molecule has 1 aromatic heterocycles. The average Bonchev–Trinajstić information content (AvgIpc) is 2.26. The maximum atomic E-state index is 10.6. The minimum atomic E-state index is -1.15. The molecule has 15 heavy (non-hydrogen) atoms. The van der Waals surface area contributed by atoms with Gasteiger partial charge in [0.1, 0.15) is 6.10 Å². The highest BCUT2D eigenvalue weighted by Gasteiger charge is 2.21. The van der Waals surface area contributed by atoms with Gasteiger partial charge >= 0.3 is 0 Å². The molecule has 0 spiro atoms. The second-order valence-corrected chi connectivity index (χ2v) is 4.12. The van der Waals surface area contributed by atoms with E-state index in [1.165, 1.54) is 19.3 Å². The number of carbonyl (C=O) groups excluding carboxylic acids is 1. The Morgan fingerprint density at radius 2 is 2.07 bits per heavy atom. The molecule has 5 nitrogen and oxygen atoms in total. The van der Waals surface area contributed by atoms with Gasteiger partial charge in [-0.05, 0) is 6.07 Å². The summed E-state index contributed by atoms with van der Waals surface area (Å²) in [4.78, 5) is 18.3. The Hall–Kier alpha value is -0.980. The van der Waals surface area contributed by atoms with Gasteiger partial charge in [-0.1, -0.05) is 11.8 Å². The van der Waals surface area contributed by atoms with Gasteiger partial charge in [-0.15, -0.1) is 0 Å². The van der Waals surface area contributed by atoms with Gasteiger partial charge in [-0.2, -0.15) is 0 Å². The van der Waals surface area contributed by atoms with E-state index >= 15 is 0 Å².